The molecule has 4 nitrogen and oxygen atoms in total. The molecule has 0 aliphatic heterocycles. The minimum Gasteiger partial charge on any atom is -0.424 e. The Labute approximate surface area is 105 Å². The maximum absolute atomic E-state index is 10.7. The minimum atomic E-state index is 0.242. The van der Waals surface area contributed by atoms with Crippen LogP contribution in [0.25, 0.3) is 11.1 Å². The molecule has 0 atom stereocenters. The van der Waals surface area contributed by atoms with E-state index < -0.39 is 0 Å². The van der Waals surface area contributed by atoms with Crippen LogP contribution in [-0.4, -0.2) is 17.3 Å². The van der Waals surface area contributed by atoms with Crippen molar-refractivity contribution >= 4 is 23.4 Å². The Hall–Kier alpha value is -1.84. The van der Waals surface area contributed by atoms with Crippen LogP contribution in [0.5, 0.6) is 0 Å². The number of benzene rings is 1. The lowest BCUT2D eigenvalue weighted by atomic mass is 9.87. The van der Waals surface area contributed by atoms with Gasteiger partial charge in [0.25, 0.3) is 6.01 Å². The van der Waals surface area contributed by atoms with Gasteiger partial charge in [0.15, 0.2) is 5.58 Å². The molecule has 0 amide bonds. The van der Waals surface area contributed by atoms with Crippen LogP contribution in [0, 0.1) is 5.92 Å². The van der Waals surface area contributed by atoms with E-state index in [4.69, 9.17) is 4.42 Å². The summed E-state index contributed by atoms with van der Waals surface area (Å²) >= 11 is 0. The van der Waals surface area contributed by atoms with Crippen molar-refractivity contribution in [3.05, 3.63) is 24.3 Å². The summed E-state index contributed by atoms with van der Waals surface area (Å²) in [6, 6.07) is 8.70. The number of hydrogen-bond donors (Lipinski definition) is 1. The Kier molecular flexibility index (Phi) is 3.00. The van der Waals surface area contributed by atoms with E-state index in [1.165, 1.54) is 0 Å². The molecule has 18 heavy (non-hydrogen) atoms. The summed E-state index contributed by atoms with van der Waals surface area (Å²) in [4.78, 5) is 15.1. The van der Waals surface area contributed by atoms with Gasteiger partial charge in [0.1, 0.15) is 11.8 Å². The molecule has 1 heterocycles. The number of hydrogen-bond acceptors (Lipinski definition) is 4. The van der Waals surface area contributed by atoms with Crippen molar-refractivity contribution in [2.75, 3.05) is 5.32 Å². The van der Waals surface area contributed by atoms with Crippen molar-refractivity contribution in [2.45, 2.75) is 31.7 Å². The Morgan fingerprint density at radius 2 is 2.00 bits per heavy atom. The van der Waals surface area contributed by atoms with Gasteiger partial charge in [0.2, 0.25) is 0 Å². The third-order valence-electron chi connectivity index (χ3n) is 3.59. The number of carbonyl (C=O) groups is 1. The molecule has 1 fully saturated rings. The van der Waals surface area contributed by atoms with Gasteiger partial charge in [0.05, 0.1) is 0 Å². The highest BCUT2D eigenvalue weighted by Gasteiger charge is 2.21. The van der Waals surface area contributed by atoms with Crippen LogP contribution in [0.3, 0.4) is 0 Å². The predicted molar refractivity (Wildman–Crippen MR) is 69.4 cm³/mol. The highest BCUT2D eigenvalue weighted by Crippen LogP contribution is 2.26. The molecule has 0 saturated heterocycles. The number of anilines is 1. The van der Waals surface area contributed by atoms with Crippen molar-refractivity contribution in [3.63, 3.8) is 0 Å². The molecule has 94 valence electrons. The van der Waals surface area contributed by atoms with E-state index in [0.29, 0.717) is 12.1 Å². The van der Waals surface area contributed by atoms with Crippen LogP contribution < -0.4 is 5.32 Å². The summed E-state index contributed by atoms with van der Waals surface area (Å²) in [6.45, 7) is 0. The maximum atomic E-state index is 10.7. The first-order chi connectivity index (χ1) is 8.85. The Balaban J connectivity index is 1.67. The Morgan fingerprint density at radius 3 is 2.72 bits per heavy atom. The molecule has 2 aromatic rings. The van der Waals surface area contributed by atoms with Gasteiger partial charge < -0.3 is 14.5 Å². The molecular weight excluding hydrogens is 228 g/mol. The molecule has 0 unspecified atom stereocenters. The van der Waals surface area contributed by atoms with Gasteiger partial charge in [-0.15, -0.1) is 0 Å². The second-order valence-electron chi connectivity index (χ2n) is 4.88. The standard InChI is InChI=1S/C14H16N2O2/c17-9-10-5-7-11(8-6-10)15-14-16-12-3-1-2-4-13(12)18-14/h1-4,9-11H,5-8H2,(H,15,16). The van der Waals surface area contributed by atoms with E-state index in [-0.39, 0.29) is 5.92 Å². The number of nitrogens with one attached hydrogen (secondary N) is 1. The summed E-state index contributed by atoms with van der Waals surface area (Å²) in [5.74, 6) is 0.242. The zero-order chi connectivity index (χ0) is 12.4. The summed E-state index contributed by atoms with van der Waals surface area (Å²) in [5.41, 5.74) is 1.68. The third kappa shape index (κ3) is 2.23. The van der Waals surface area contributed by atoms with Crippen LogP contribution in [0.4, 0.5) is 6.01 Å². The van der Waals surface area contributed by atoms with Crippen LogP contribution in [0.1, 0.15) is 25.7 Å². The number of carbonyl (C=O) groups excluding carboxylic acids is 1. The quantitative estimate of drug-likeness (QED) is 0.843. The van der Waals surface area contributed by atoms with Crippen LogP contribution in [-0.2, 0) is 4.79 Å². The lowest BCUT2D eigenvalue weighted by Crippen LogP contribution is -2.26. The summed E-state index contributed by atoms with van der Waals surface area (Å²) in [7, 11) is 0. The number of aldehydes is 1. The van der Waals surface area contributed by atoms with Gasteiger partial charge >= 0.3 is 0 Å². The number of aromatic nitrogens is 1. The van der Waals surface area contributed by atoms with Crippen LogP contribution >= 0.6 is 0 Å². The summed E-state index contributed by atoms with van der Waals surface area (Å²) < 4.78 is 5.63. The van der Waals surface area contributed by atoms with Crippen molar-refractivity contribution in [1.82, 2.24) is 4.98 Å². The molecule has 0 radical (unpaired) electrons. The van der Waals surface area contributed by atoms with Gasteiger partial charge in [-0.25, -0.2) is 0 Å². The van der Waals surface area contributed by atoms with Gasteiger partial charge in [-0.3, -0.25) is 0 Å². The molecule has 0 spiro atoms. The zero-order valence-corrected chi connectivity index (χ0v) is 10.1. The van der Waals surface area contributed by atoms with Gasteiger partial charge in [-0.05, 0) is 37.8 Å². The van der Waals surface area contributed by atoms with Crippen LogP contribution in [0.2, 0.25) is 0 Å². The minimum absolute atomic E-state index is 0.242. The van der Waals surface area contributed by atoms with Crippen molar-refractivity contribution in [1.29, 1.82) is 0 Å². The van der Waals surface area contributed by atoms with E-state index in [9.17, 15) is 4.79 Å². The number of oxazole rings is 1. The lowest BCUT2D eigenvalue weighted by molar-refractivity contribution is -0.111. The van der Waals surface area contributed by atoms with E-state index in [1.54, 1.807) is 0 Å². The van der Waals surface area contributed by atoms with Gasteiger partial charge in [0, 0.05) is 12.0 Å². The van der Waals surface area contributed by atoms with Crippen molar-refractivity contribution in [2.24, 2.45) is 5.92 Å². The van der Waals surface area contributed by atoms with Crippen molar-refractivity contribution in [3.8, 4) is 0 Å². The van der Waals surface area contributed by atoms with E-state index in [2.05, 4.69) is 10.3 Å². The average molecular weight is 244 g/mol. The molecule has 1 aliphatic carbocycles. The second kappa shape index (κ2) is 4.80. The normalized spacial score (nSPS) is 24.0. The average Bonchev–Trinajstić information content (AvgIpc) is 2.82. The highest BCUT2D eigenvalue weighted by molar-refractivity contribution is 5.74. The Bertz CT molecular complexity index is 508. The fourth-order valence-electron chi connectivity index (χ4n) is 2.51. The molecule has 3 rings (SSSR count). The monoisotopic (exact) mass is 244 g/mol. The first kappa shape index (κ1) is 11.3. The first-order valence-electron chi connectivity index (χ1n) is 6.42. The number of fused-ring (bicyclic) bond motifs is 1. The second-order valence-corrected chi connectivity index (χ2v) is 4.88. The van der Waals surface area contributed by atoms with E-state index in [0.717, 1.165) is 43.1 Å². The molecule has 1 N–H and O–H groups in total. The number of rotatable bonds is 3. The smallest absolute Gasteiger partial charge is 0.295 e. The van der Waals surface area contributed by atoms with Gasteiger partial charge in [-0.1, -0.05) is 12.1 Å². The number of nitrogens with zero attached hydrogens (tertiary/aromatic N) is 1. The topological polar surface area (TPSA) is 55.1 Å². The van der Waals surface area contributed by atoms with E-state index in [1.807, 2.05) is 24.3 Å². The predicted octanol–water partition coefficient (Wildman–Crippen LogP) is 3.00. The summed E-state index contributed by atoms with van der Waals surface area (Å²) in [6.07, 6.45) is 5.00. The zero-order valence-electron chi connectivity index (χ0n) is 10.1. The fourth-order valence-corrected chi connectivity index (χ4v) is 2.51. The van der Waals surface area contributed by atoms with Crippen LogP contribution in [0.15, 0.2) is 28.7 Å². The van der Waals surface area contributed by atoms with E-state index >= 15 is 0 Å². The molecule has 1 saturated carbocycles. The summed E-state index contributed by atoms with van der Waals surface area (Å²) in [5, 5.41) is 3.32. The fraction of sp³-hybridized carbons (Fsp3) is 0.429. The highest BCUT2D eigenvalue weighted by atomic mass is 16.4. The maximum Gasteiger partial charge on any atom is 0.295 e. The number of para-hydroxylation sites is 2. The van der Waals surface area contributed by atoms with Gasteiger partial charge in [-0.2, -0.15) is 4.98 Å². The molecule has 1 aromatic carbocycles. The molecule has 0 bridgehead atoms. The first-order valence-corrected chi connectivity index (χ1v) is 6.42. The Morgan fingerprint density at radius 1 is 1.22 bits per heavy atom. The SMILES string of the molecule is O=CC1CCC(Nc2nc3ccccc3o2)CC1. The third-order valence-corrected chi connectivity index (χ3v) is 3.59. The largest absolute Gasteiger partial charge is 0.424 e. The lowest BCUT2D eigenvalue weighted by Gasteiger charge is -2.25. The molecule has 1 aromatic heterocycles. The molecule has 4 heteroatoms. The van der Waals surface area contributed by atoms with Crippen molar-refractivity contribution < 1.29 is 9.21 Å². The molecule has 1 aliphatic rings. The molecular formula is C14H16N2O2.